The monoisotopic (exact) mass is 382 g/mol. The van der Waals surface area contributed by atoms with Gasteiger partial charge >= 0.3 is 0 Å². The van der Waals surface area contributed by atoms with Crippen LogP contribution in [0.2, 0.25) is 0 Å². The lowest BCUT2D eigenvalue weighted by Gasteiger charge is -2.37. The third kappa shape index (κ3) is 3.90. The molecule has 1 atom stereocenters. The van der Waals surface area contributed by atoms with Gasteiger partial charge in [-0.25, -0.2) is 0 Å². The van der Waals surface area contributed by atoms with E-state index in [0.717, 1.165) is 50.9 Å². The largest absolute Gasteiger partial charge is 0.369 e. The van der Waals surface area contributed by atoms with Crippen molar-refractivity contribution in [1.82, 2.24) is 24.6 Å². The van der Waals surface area contributed by atoms with Gasteiger partial charge in [0.25, 0.3) is 0 Å². The van der Waals surface area contributed by atoms with Crippen LogP contribution < -0.4 is 4.90 Å². The molecule has 2 aromatic rings. The van der Waals surface area contributed by atoms with Gasteiger partial charge in [0.15, 0.2) is 5.82 Å². The summed E-state index contributed by atoms with van der Waals surface area (Å²) in [4.78, 5) is 19.5. The maximum Gasteiger partial charge on any atom is 0.224 e. The molecule has 1 aromatic heterocycles. The molecule has 0 saturated carbocycles. The standard InChI is InChI=1S/C21H30N6O/c1-16-5-4-6-19(13-16)25-11-9-24(10-12-25)8-7-21(28)26-14-17(2)27-18(3)22-23-20(27)15-26/h4-6,13,17H,7-12,14-15H2,1-3H3/t17-/m1/s1. The van der Waals surface area contributed by atoms with Gasteiger partial charge in [-0.1, -0.05) is 12.1 Å². The molecule has 4 rings (SSSR count). The van der Waals surface area contributed by atoms with E-state index in [4.69, 9.17) is 0 Å². The number of rotatable bonds is 4. The molecule has 0 N–H and O–H groups in total. The zero-order valence-corrected chi connectivity index (χ0v) is 17.1. The van der Waals surface area contributed by atoms with Gasteiger partial charge in [-0.05, 0) is 38.5 Å². The molecule has 0 aliphatic carbocycles. The lowest BCUT2D eigenvalue weighted by molar-refractivity contribution is -0.133. The second-order valence-electron chi connectivity index (χ2n) is 8.07. The quantitative estimate of drug-likeness (QED) is 0.810. The maximum absolute atomic E-state index is 12.8. The zero-order valence-electron chi connectivity index (χ0n) is 17.1. The van der Waals surface area contributed by atoms with Crippen LogP contribution in [0.4, 0.5) is 5.69 Å². The zero-order chi connectivity index (χ0) is 19.7. The van der Waals surface area contributed by atoms with Crippen LogP contribution in [0.25, 0.3) is 0 Å². The average Bonchev–Trinajstić information content (AvgIpc) is 3.08. The van der Waals surface area contributed by atoms with Crippen LogP contribution in [-0.4, -0.2) is 69.7 Å². The van der Waals surface area contributed by atoms with Crippen LogP contribution in [0.3, 0.4) is 0 Å². The second kappa shape index (κ2) is 7.91. The van der Waals surface area contributed by atoms with Crippen molar-refractivity contribution in [2.45, 2.75) is 39.8 Å². The molecule has 0 spiro atoms. The van der Waals surface area contributed by atoms with Crippen molar-refractivity contribution >= 4 is 11.6 Å². The van der Waals surface area contributed by atoms with Gasteiger partial charge in [0.2, 0.25) is 5.91 Å². The minimum atomic E-state index is 0.222. The number of hydrogen-bond donors (Lipinski definition) is 0. The SMILES string of the molecule is Cc1cccc(N2CCN(CCC(=O)N3Cc4nnc(C)n4[C@H](C)C3)CC2)c1. The first kappa shape index (κ1) is 18.9. The predicted molar refractivity (Wildman–Crippen MR) is 109 cm³/mol. The van der Waals surface area contributed by atoms with Crippen molar-refractivity contribution in [1.29, 1.82) is 0 Å². The molecule has 7 heteroatoms. The van der Waals surface area contributed by atoms with Crippen LogP contribution in [0, 0.1) is 13.8 Å². The molecule has 28 heavy (non-hydrogen) atoms. The van der Waals surface area contributed by atoms with Crippen LogP contribution in [0.5, 0.6) is 0 Å². The summed E-state index contributed by atoms with van der Waals surface area (Å²) in [6.45, 7) is 12.4. The number of aromatic nitrogens is 3. The molecule has 0 radical (unpaired) electrons. The summed E-state index contributed by atoms with van der Waals surface area (Å²) in [5.41, 5.74) is 2.60. The topological polar surface area (TPSA) is 57.5 Å². The first-order chi connectivity index (χ1) is 13.5. The van der Waals surface area contributed by atoms with Gasteiger partial charge < -0.3 is 14.4 Å². The van der Waals surface area contributed by atoms with E-state index in [2.05, 4.69) is 62.7 Å². The Hall–Kier alpha value is -2.41. The van der Waals surface area contributed by atoms with Crippen LogP contribution >= 0.6 is 0 Å². The fraction of sp³-hybridized carbons (Fsp3) is 0.571. The molecular formula is C21H30N6O. The Morgan fingerprint density at radius 3 is 2.68 bits per heavy atom. The number of anilines is 1. The Labute approximate surface area is 166 Å². The third-order valence-corrected chi connectivity index (χ3v) is 5.93. The highest BCUT2D eigenvalue weighted by Gasteiger charge is 2.28. The van der Waals surface area contributed by atoms with Gasteiger partial charge in [-0.15, -0.1) is 10.2 Å². The first-order valence-corrected chi connectivity index (χ1v) is 10.2. The van der Waals surface area contributed by atoms with E-state index >= 15 is 0 Å². The molecule has 0 unspecified atom stereocenters. The molecule has 3 heterocycles. The van der Waals surface area contributed by atoms with Crippen molar-refractivity contribution in [2.75, 3.05) is 44.2 Å². The summed E-state index contributed by atoms with van der Waals surface area (Å²) in [5.74, 6) is 2.05. The minimum Gasteiger partial charge on any atom is -0.369 e. The second-order valence-corrected chi connectivity index (χ2v) is 8.07. The van der Waals surface area contributed by atoms with E-state index < -0.39 is 0 Å². The normalized spacial score (nSPS) is 20.3. The number of nitrogens with zero attached hydrogens (tertiary/aromatic N) is 6. The molecule has 1 fully saturated rings. The van der Waals surface area contributed by atoms with Crippen molar-refractivity contribution in [3.8, 4) is 0 Å². The van der Waals surface area contributed by atoms with Crippen LogP contribution in [-0.2, 0) is 11.3 Å². The average molecular weight is 383 g/mol. The highest BCUT2D eigenvalue weighted by Crippen LogP contribution is 2.22. The number of hydrogen-bond acceptors (Lipinski definition) is 5. The van der Waals surface area contributed by atoms with Crippen LogP contribution in [0.15, 0.2) is 24.3 Å². The number of aryl methyl sites for hydroxylation is 2. The maximum atomic E-state index is 12.8. The Kier molecular flexibility index (Phi) is 5.35. The molecule has 1 saturated heterocycles. The van der Waals surface area contributed by atoms with E-state index in [1.54, 1.807) is 0 Å². The molecule has 7 nitrogen and oxygen atoms in total. The van der Waals surface area contributed by atoms with E-state index in [-0.39, 0.29) is 11.9 Å². The van der Waals surface area contributed by atoms with Crippen molar-refractivity contribution in [3.63, 3.8) is 0 Å². The Morgan fingerprint density at radius 2 is 1.93 bits per heavy atom. The number of carbonyl (C=O) groups is 1. The highest BCUT2D eigenvalue weighted by molar-refractivity contribution is 5.76. The first-order valence-electron chi connectivity index (χ1n) is 10.2. The van der Waals surface area contributed by atoms with E-state index in [1.165, 1.54) is 11.3 Å². The Balaban J connectivity index is 1.26. The van der Waals surface area contributed by atoms with E-state index in [1.807, 2.05) is 11.8 Å². The molecule has 2 aliphatic rings. The summed E-state index contributed by atoms with van der Waals surface area (Å²) in [6.07, 6.45) is 0.574. The Bertz CT molecular complexity index is 839. The number of carbonyl (C=O) groups excluding carboxylic acids is 1. The number of fused-ring (bicyclic) bond motifs is 1. The third-order valence-electron chi connectivity index (χ3n) is 5.93. The van der Waals surface area contributed by atoms with E-state index in [9.17, 15) is 4.79 Å². The van der Waals surface area contributed by atoms with Gasteiger partial charge in [0.1, 0.15) is 5.82 Å². The molecule has 1 amide bonds. The smallest absolute Gasteiger partial charge is 0.224 e. The minimum absolute atomic E-state index is 0.222. The Morgan fingerprint density at radius 1 is 1.14 bits per heavy atom. The lowest BCUT2D eigenvalue weighted by Crippen LogP contribution is -2.48. The van der Waals surface area contributed by atoms with Crippen LogP contribution in [0.1, 0.15) is 36.6 Å². The number of piperazine rings is 1. The number of benzene rings is 1. The molecule has 1 aromatic carbocycles. The molecule has 150 valence electrons. The summed E-state index contributed by atoms with van der Waals surface area (Å²) < 4.78 is 2.15. The molecular weight excluding hydrogens is 352 g/mol. The van der Waals surface area contributed by atoms with Crippen molar-refractivity contribution < 1.29 is 4.79 Å². The lowest BCUT2D eigenvalue weighted by atomic mass is 10.2. The highest BCUT2D eigenvalue weighted by atomic mass is 16.2. The number of amides is 1. The van der Waals surface area contributed by atoms with Crippen molar-refractivity contribution in [3.05, 3.63) is 41.5 Å². The predicted octanol–water partition coefficient (Wildman–Crippen LogP) is 2.01. The fourth-order valence-corrected chi connectivity index (χ4v) is 4.39. The fourth-order valence-electron chi connectivity index (χ4n) is 4.39. The van der Waals surface area contributed by atoms with E-state index in [0.29, 0.717) is 13.0 Å². The summed E-state index contributed by atoms with van der Waals surface area (Å²) in [7, 11) is 0. The summed E-state index contributed by atoms with van der Waals surface area (Å²) in [5, 5.41) is 8.40. The molecule has 0 bridgehead atoms. The summed E-state index contributed by atoms with van der Waals surface area (Å²) in [6, 6.07) is 8.93. The molecule has 2 aliphatic heterocycles. The van der Waals surface area contributed by atoms with Gasteiger partial charge in [-0.2, -0.15) is 0 Å². The van der Waals surface area contributed by atoms with Gasteiger partial charge in [-0.3, -0.25) is 9.69 Å². The summed E-state index contributed by atoms with van der Waals surface area (Å²) >= 11 is 0. The van der Waals surface area contributed by atoms with Crippen molar-refractivity contribution in [2.24, 2.45) is 0 Å². The van der Waals surface area contributed by atoms with Gasteiger partial charge in [0.05, 0.1) is 12.6 Å². The van der Waals surface area contributed by atoms with Gasteiger partial charge in [0, 0.05) is 51.4 Å².